The highest BCUT2D eigenvalue weighted by molar-refractivity contribution is 6.31. The number of aromatic hydroxyl groups is 1. The van der Waals surface area contributed by atoms with Gasteiger partial charge in [-0.05, 0) is 51.8 Å². The molecule has 60 heavy (non-hydrogen) atoms. The van der Waals surface area contributed by atoms with E-state index in [4.69, 9.17) is 23.8 Å². The molecule has 0 radical (unpaired) electrons. The molecule has 5 bridgehead atoms. The third-order valence-corrected chi connectivity index (χ3v) is 12.4. The summed E-state index contributed by atoms with van der Waals surface area (Å²) in [6.45, 7) is 17.7. The number of rotatable bonds is 6. The van der Waals surface area contributed by atoms with Crippen molar-refractivity contribution in [1.82, 2.24) is 10.2 Å². The highest BCUT2D eigenvalue weighted by atomic mass is 16.7. The van der Waals surface area contributed by atoms with Gasteiger partial charge in [-0.25, -0.2) is 0 Å². The summed E-state index contributed by atoms with van der Waals surface area (Å²) >= 11 is 0. The van der Waals surface area contributed by atoms with Crippen LogP contribution in [0.15, 0.2) is 53.1 Å². The minimum Gasteiger partial charge on any atom is -0.507 e. The van der Waals surface area contributed by atoms with Crippen LogP contribution >= 0.6 is 0 Å². The van der Waals surface area contributed by atoms with Crippen molar-refractivity contribution >= 4 is 29.2 Å². The number of nitrogens with zero attached hydrogens (tertiary/aromatic N) is 2. The van der Waals surface area contributed by atoms with E-state index in [-0.39, 0.29) is 51.6 Å². The van der Waals surface area contributed by atoms with Gasteiger partial charge in [-0.15, -0.1) is 0 Å². The number of esters is 1. The van der Waals surface area contributed by atoms with E-state index in [1.807, 2.05) is 0 Å². The number of benzene rings is 1. The monoisotopic (exact) mass is 835 g/mol. The molecule has 0 spiro atoms. The molecule has 1 fully saturated rings. The highest BCUT2D eigenvalue weighted by Gasteiger charge is 2.51. The predicted octanol–water partition coefficient (Wildman–Crippen LogP) is 4.90. The van der Waals surface area contributed by atoms with Crippen LogP contribution in [0.3, 0.4) is 0 Å². The zero-order chi connectivity index (χ0) is 44.2. The van der Waals surface area contributed by atoms with E-state index >= 15 is 0 Å². The topological polar surface area (TPSA) is 203 Å². The Morgan fingerprint density at radius 2 is 1.67 bits per heavy atom. The summed E-state index contributed by atoms with van der Waals surface area (Å²) in [5.74, 6) is -6.72. The first-order chi connectivity index (χ1) is 28.3. The lowest BCUT2D eigenvalue weighted by molar-refractivity contribution is -0.160. The number of aliphatic hydroxyl groups excluding tert-OH is 2. The van der Waals surface area contributed by atoms with E-state index in [0.29, 0.717) is 12.5 Å². The Hall–Kier alpha value is -4.83. The number of carbonyl (C=O) groups excluding carboxylic acids is 4. The number of fused-ring (bicyclic) bond motifs is 14. The lowest BCUT2D eigenvalue weighted by atomic mass is 9.78. The first-order valence-corrected chi connectivity index (χ1v) is 20.7. The summed E-state index contributed by atoms with van der Waals surface area (Å²) in [4.78, 5) is 62.1. The number of Topliss-reactive ketones (excluding diaryl/α,β-unsaturated/α-hetero) is 1. The van der Waals surface area contributed by atoms with Crippen LogP contribution in [-0.2, 0) is 28.6 Å². The lowest BCUT2D eigenvalue weighted by Crippen LogP contribution is -2.46. The number of oxime groups is 1. The van der Waals surface area contributed by atoms with Crippen LogP contribution in [0.5, 0.6) is 11.5 Å². The molecule has 0 aromatic heterocycles. The lowest BCUT2D eigenvalue weighted by Gasteiger charge is -2.38. The van der Waals surface area contributed by atoms with E-state index in [1.165, 1.54) is 40.2 Å². The van der Waals surface area contributed by atoms with Crippen molar-refractivity contribution in [1.29, 1.82) is 0 Å². The Kier molecular flexibility index (Phi) is 14.8. The van der Waals surface area contributed by atoms with E-state index in [0.717, 1.165) is 32.0 Å². The second-order valence-electron chi connectivity index (χ2n) is 16.9. The van der Waals surface area contributed by atoms with Crippen LogP contribution in [0, 0.1) is 36.5 Å². The largest absolute Gasteiger partial charge is 0.507 e. The minimum atomic E-state index is -1.78. The van der Waals surface area contributed by atoms with E-state index < -0.39 is 83.1 Å². The zero-order valence-electron chi connectivity index (χ0n) is 36.3. The van der Waals surface area contributed by atoms with Gasteiger partial charge in [-0.1, -0.05) is 58.0 Å². The summed E-state index contributed by atoms with van der Waals surface area (Å²) < 4.78 is 24.3. The zero-order valence-corrected chi connectivity index (χ0v) is 36.3. The molecule has 9 atom stereocenters. The Morgan fingerprint density at radius 3 is 2.32 bits per heavy atom. The highest BCUT2D eigenvalue weighted by Crippen LogP contribution is 2.48. The van der Waals surface area contributed by atoms with Gasteiger partial charge in [0.05, 0.1) is 47.0 Å². The number of hydrogen-bond donors (Lipinski definition) is 4. The molecular formula is C45H61N3O12. The third kappa shape index (κ3) is 9.70. The number of methoxy groups -OCH3 is 1. The summed E-state index contributed by atoms with van der Waals surface area (Å²) in [5.41, 5.74) is -0.435. The van der Waals surface area contributed by atoms with Gasteiger partial charge in [0.15, 0.2) is 11.5 Å². The standard InChI is InChI=1S/C45H61N3O12/c1-23-14-17-48(18-15-23)19-21-58-47-43-36-34-32(50)22-31-40(54)35(34)39(53)29(7)42(36)60-45(43,9)57-20-16-33(56-10)26(4)41(59-30(8)49)28(6)38(52)27(5)37(51)24(2)12-11-13-25(3)44(55)46-31/h11-13,16,20,22-24,26-28,33,37-38,41,51-53H,14-15,17-19,21H2,1-10H3,(H,46,55)/b12-11+,20-16+,25-13-,47-43-/t24-,26+,27+,28+,33-,37-,38+,41+,45-/m0/s1. The second kappa shape index (κ2) is 19.3. The maximum atomic E-state index is 14.1. The number of ketones is 2. The molecule has 1 aromatic carbocycles. The molecule has 1 saturated heterocycles. The van der Waals surface area contributed by atoms with Crippen molar-refractivity contribution in [2.75, 3.05) is 33.4 Å². The molecule has 328 valence electrons. The number of phenolic OH excluding ortho intramolecular Hbond substituents is 1. The molecule has 5 aliphatic rings. The van der Waals surface area contributed by atoms with Gasteiger partial charge in [0.2, 0.25) is 5.78 Å². The van der Waals surface area contributed by atoms with Crippen LogP contribution in [-0.4, -0.2) is 113 Å². The van der Waals surface area contributed by atoms with E-state index in [2.05, 4.69) is 22.3 Å². The van der Waals surface area contributed by atoms with Crippen LogP contribution in [0.1, 0.15) is 100 Å². The van der Waals surface area contributed by atoms with Gasteiger partial charge < -0.3 is 44.4 Å². The van der Waals surface area contributed by atoms with Crippen LogP contribution < -0.4 is 10.1 Å². The molecule has 4 aliphatic heterocycles. The van der Waals surface area contributed by atoms with Gasteiger partial charge in [0.1, 0.15) is 24.2 Å². The number of hydrogen-bond acceptors (Lipinski definition) is 14. The molecule has 1 aliphatic carbocycles. The average molecular weight is 836 g/mol. The third-order valence-electron chi connectivity index (χ3n) is 12.4. The molecule has 0 saturated carbocycles. The quantitative estimate of drug-likeness (QED) is 0.171. The molecule has 4 N–H and O–H groups in total. The fourth-order valence-corrected chi connectivity index (χ4v) is 8.33. The predicted molar refractivity (Wildman–Crippen MR) is 222 cm³/mol. The average Bonchev–Trinajstić information content (AvgIpc) is 3.50. The maximum Gasteiger partial charge on any atom is 0.302 e. The number of amides is 1. The molecule has 1 aromatic rings. The molecule has 4 heterocycles. The van der Waals surface area contributed by atoms with Crippen molar-refractivity contribution in [2.24, 2.45) is 34.7 Å². The van der Waals surface area contributed by atoms with E-state index in [1.54, 1.807) is 52.8 Å². The van der Waals surface area contributed by atoms with Crippen LogP contribution in [0.4, 0.5) is 0 Å². The summed E-state index contributed by atoms with van der Waals surface area (Å²) in [5, 5.41) is 41.4. The summed E-state index contributed by atoms with van der Waals surface area (Å²) in [7, 11) is 1.47. The molecule has 1 amide bonds. The van der Waals surface area contributed by atoms with Gasteiger partial charge in [-0.2, -0.15) is 0 Å². The Balaban J connectivity index is 1.61. The van der Waals surface area contributed by atoms with E-state index in [9.17, 15) is 34.5 Å². The second-order valence-corrected chi connectivity index (χ2v) is 16.9. The Bertz CT molecular complexity index is 1980. The number of carbonyl (C=O) groups is 4. The van der Waals surface area contributed by atoms with Crippen molar-refractivity contribution in [3.05, 3.63) is 70.2 Å². The van der Waals surface area contributed by atoms with Crippen LogP contribution in [0.25, 0.3) is 0 Å². The smallest absolute Gasteiger partial charge is 0.302 e. The first-order valence-electron chi connectivity index (χ1n) is 20.7. The number of likely N-dealkylation sites (tertiary alicyclic amines) is 1. The van der Waals surface area contributed by atoms with Crippen molar-refractivity contribution in [3.63, 3.8) is 0 Å². The van der Waals surface area contributed by atoms with Gasteiger partial charge in [-0.3, -0.25) is 24.1 Å². The number of ether oxygens (including phenoxy) is 4. The van der Waals surface area contributed by atoms with Crippen molar-refractivity contribution in [2.45, 2.75) is 105 Å². The number of aliphatic hydroxyl groups is 2. The Labute approximate surface area is 352 Å². The van der Waals surface area contributed by atoms with Gasteiger partial charge in [0, 0.05) is 68.4 Å². The summed E-state index contributed by atoms with van der Waals surface area (Å²) in [6.07, 6.45) is 7.01. The Morgan fingerprint density at radius 1 is 0.983 bits per heavy atom. The SMILES string of the molecule is CO[C@H]1/C=C/O[C@@]2(C)Oc3c(C)c(O)c4c(c3/C2=N/OCCN2CCC(C)CC2)C(=O)C=C(NC(=O)/C(C)=C\C=C\[C@H](C)[C@H](O)[C@@H](C)[C@@H](O)[C@@H](C)[C@H](OC(C)=O)[C@@H]1C)C4=O. The summed E-state index contributed by atoms with van der Waals surface area (Å²) in [6, 6.07) is 0. The molecule has 6 rings (SSSR count). The number of piperidine rings is 1. The number of phenols is 1. The minimum absolute atomic E-state index is 0.0224. The van der Waals surface area contributed by atoms with Crippen molar-refractivity contribution in [3.8, 4) is 11.5 Å². The fourth-order valence-electron chi connectivity index (χ4n) is 8.33. The fraction of sp³-hybridized carbons (Fsp3) is 0.578. The molecule has 0 unspecified atom stereocenters. The normalized spacial score (nSPS) is 33.5. The molecular weight excluding hydrogens is 775 g/mol. The maximum absolute atomic E-state index is 14.1. The first kappa shape index (κ1) is 46.2. The molecule has 15 heteroatoms. The number of nitrogens with one attached hydrogen (secondary N) is 1. The van der Waals surface area contributed by atoms with Crippen LogP contribution in [0.2, 0.25) is 0 Å². The van der Waals surface area contributed by atoms with Crippen molar-refractivity contribution < 1.29 is 58.3 Å². The van der Waals surface area contributed by atoms with Gasteiger partial charge in [0.25, 0.3) is 11.7 Å². The number of allylic oxidation sites excluding steroid dienone is 4. The molecule has 15 nitrogen and oxygen atoms in total. The van der Waals surface area contributed by atoms with Gasteiger partial charge >= 0.3 is 5.97 Å².